The molecule has 0 saturated carbocycles. The third-order valence-corrected chi connectivity index (χ3v) is 5.95. The number of aromatic nitrogens is 1. The molecule has 33 heavy (non-hydrogen) atoms. The van der Waals surface area contributed by atoms with Gasteiger partial charge in [0.05, 0.1) is 24.3 Å². The highest BCUT2D eigenvalue weighted by Crippen LogP contribution is 2.22. The molecule has 1 unspecified atom stereocenters. The number of amides is 2. The SMILES string of the molecule is CC(C)(NC(=O)c1ccccc1F)C(=O)N1CCOCC(Cc2cccc3ncccc23)C1. The van der Waals surface area contributed by atoms with Gasteiger partial charge in [-0.3, -0.25) is 14.6 Å². The number of carbonyl (C=O) groups is 2. The van der Waals surface area contributed by atoms with Crippen LogP contribution in [0.3, 0.4) is 0 Å². The first-order valence-electron chi connectivity index (χ1n) is 11.1. The molecule has 0 bridgehead atoms. The summed E-state index contributed by atoms with van der Waals surface area (Å²) in [5.74, 6) is -1.36. The Morgan fingerprint density at radius 1 is 1.15 bits per heavy atom. The largest absolute Gasteiger partial charge is 0.379 e. The molecule has 4 rings (SSSR count). The Hall–Kier alpha value is -3.32. The number of halogens is 1. The van der Waals surface area contributed by atoms with E-state index in [1.807, 2.05) is 18.2 Å². The van der Waals surface area contributed by atoms with Crippen LogP contribution in [0.15, 0.2) is 60.8 Å². The number of pyridine rings is 1. The van der Waals surface area contributed by atoms with Crippen molar-refractivity contribution >= 4 is 22.7 Å². The van der Waals surface area contributed by atoms with Crippen molar-refractivity contribution in [2.24, 2.45) is 5.92 Å². The van der Waals surface area contributed by atoms with Crippen LogP contribution in [0.1, 0.15) is 29.8 Å². The summed E-state index contributed by atoms with van der Waals surface area (Å²) in [5, 5.41) is 3.80. The number of hydrogen-bond donors (Lipinski definition) is 1. The Bertz CT molecular complexity index is 1160. The molecule has 172 valence electrons. The molecule has 1 aromatic heterocycles. The smallest absolute Gasteiger partial charge is 0.255 e. The Morgan fingerprint density at radius 3 is 2.79 bits per heavy atom. The maximum Gasteiger partial charge on any atom is 0.255 e. The number of hydrogen-bond acceptors (Lipinski definition) is 4. The van der Waals surface area contributed by atoms with Gasteiger partial charge >= 0.3 is 0 Å². The molecule has 1 aliphatic rings. The van der Waals surface area contributed by atoms with Crippen LogP contribution in [0, 0.1) is 11.7 Å². The Morgan fingerprint density at radius 2 is 1.97 bits per heavy atom. The summed E-state index contributed by atoms with van der Waals surface area (Å²) in [7, 11) is 0. The quantitative estimate of drug-likeness (QED) is 0.646. The standard InChI is InChI=1S/C26H28FN3O3/c1-26(2,29-24(31)21-8-3-4-10-22(21)27)25(32)30-13-14-33-17-18(16-30)15-19-7-5-11-23-20(19)9-6-12-28-23/h3-12,18H,13-17H2,1-2H3,(H,29,31). The summed E-state index contributed by atoms with van der Waals surface area (Å²) in [5.41, 5.74) is 0.822. The fraction of sp³-hybridized carbons (Fsp3) is 0.346. The normalized spacial score (nSPS) is 16.9. The molecule has 1 N–H and O–H groups in total. The molecule has 2 amide bonds. The van der Waals surface area contributed by atoms with Crippen LogP contribution >= 0.6 is 0 Å². The number of ether oxygens (including phenoxy) is 1. The van der Waals surface area contributed by atoms with Crippen molar-refractivity contribution in [2.75, 3.05) is 26.3 Å². The lowest BCUT2D eigenvalue weighted by molar-refractivity contribution is -0.137. The Labute approximate surface area is 192 Å². The maximum absolute atomic E-state index is 14.0. The van der Waals surface area contributed by atoms with Crippen LogP contribution < -0.4 is 5.32 Å². The second kappa shape index (κ2) is 9.67. The topological polar surface area (TPSA) is 71.5 Å². The maximum atomic E-state index is 14.0. The first-order valence-corrected chi connectivity index (χ1v) is 11.1. The number of fused-ring (bicyclic) bond motifs is 1. The molecular weight excluding hydrogens is 421 g/mol. The van der Waals surface area contributed by atoms with Crippen LogP contribution in [-0.2, 0) is 16.0 Å². The summed E-state index contributed by atoms with van der Waals surface area (Å²) in [6.07, 6.45) is 2.52. The van der Waals surface area contributed by atoms with Crippen molar-refractivity contribution in [3.05, 3.63) is 77.7 Å². The molecule has 1 atom stereocenters. The average molecular weight is 450 g/mol. The summed E-state index contributed by atoms with van der Waals surface area (Å²) in [6.45, 7) is 5.20. The third-order valence-electron chi connectivity index (χ3n) is 5.95. The molecular formula is C26H28FN3O3. The van der Waals surface area contributed by atoms with Crippen molar-refractivity contribution < 1.29 is 18.7 Å². The third kappa shape index (κ3) is 5.20. The Kier molecular flexibility index (Phi) is 6.70. The molecule has 2 heterocycles. The van der Waals surface area contributed by atoms with Gasteiger partial charge in [-0.25, -0.2) is 4.39 Å². The average Bonchev–Trinajstić information content (AvgIpc) is 3.04. The minimum Gasteiger partial charge on any atom is -0.379 e. The van der Waals surface area contributed by atoms with Crippen molar-refractivity contribution in [2.45, 2.75) is 25.8 Å². The molecule has 1 fully saturated rings. The van der Waals surface area contributed by atoms with Gasteiger partial charge in [0.25, 0.3) is 5.91 Å². The molecule has 0 aliphatic carbocycles. The van der Waals surface area contributed by atoms with Crippen LogP contribution in [0.4, 0.5) is 4.39 Å². The van der Waals surface area contributed by atoms with Crippen LogP contribution in [-0.4, -0.2) is 53.5 Å². The number of nitrogens with one attached hydrogen (secondary N) is 1. The lowest BCUT2D eigenvalue weighted by Crippen LogP contribution is -2.57. The van der Waals surface area contributed by atoms with E-state index < -0.39 is 17.3 Å². The van der Waals surface area contributed by atoms with E-state index in [1.165, 1.54) is 18.2 Å². The predicted molar refractivity (Wildman–Crippen MR) is 124 cm³/mol. The van der Waals surface area contributed by atoms with E-state index in [0.717, 1.165) is 22.9 Å². The monoisotopic (exact) mass is 449 g/mol. The zero-order valence-corrected chi connectivity index (χ0v) is 18.9. The van der Waals surface area contributed by atoms with Gasteiger partial charge in [0, 0.05) is 30.6 Å². The number of carbonyl (C=O) groups excluding carboxylic acids is 2. The highest BCUT2D eigenvalue weighted by Gasteiger charge is 2.36. The lowest BCUT2D eigenvalue weighted by atomic mass is 9.95. The van der Waals surface area contributed by atoms with E-state index >= 15 is 0 Å². The molecule has 3 aromatic rings. The van der Waals surface area contributed by atoms with Gasteiger partial charge in [0.1, 0.15) is 11.4 Å². The first kappa shape index (κ1) is 22.9. The van der Waals surface area contributed by atoms with Gasteiger partial charge < -0.3 is 15.0 Å². The highest BCUT2D eigenvalue weighted by molar-refractivity contribution is 5.99. The van der Waals surface area contributed by atoms with E-state index in [9.17, 15) is 14.0 Å². The van der Waals surface area contributed by atoms with Gasteiger partial charge in [0.15, 0.2) is 0 Å². The zero-order chi connectivity index (χ0) is 23.4. The number of nitrogens with zero attached hydrogens (tertiary/aromatic N) is 2. The molecule has 0 spiro atoms. The van der Waals surface area contributed by atoms with Gasteiger partial charge in [-0.15, -0.1) is 0 Å². The van der Waals surface area contributed by atoms with Crippen LogP contribution in [0.5, 0.6) is 0 Å². The number of rotatable bonds is 5. The van der Waals surface area contributed by atoms with Gasteiger partial charge in [0.2, 0.25) is 5.91 Å². The van der Waals surface area contributed by atoms with Crippen molar-refractivity contribution in [1.29, 1.82) is 0 Å². The summed E-state index contributed by atoms with van der Waals surface area (Å²) in [6, 6.07) is 15.8. The fourth-order valence-corrected chi connectivity index (χ4v) is 4.29. The second-order valence-electron chi connectivity index (χ2n) is 8.94. The second-order valence-corrected chi connectivity index (χ2v) is 8.94. The summed E-state index contributed by atoms with van der Waals surface area (Å²) in [4.78, 5) is 32.2. The summed E-state index contributed by atoms with van der Waals surface area (Å²) < 4.78 is 19.8. The number of benzene rings is 2. The Balaban J connectivity index is 1.47. The lowest BCUT2D eigenvalue weighted by Gasteiger charge is -2.33. The molecule has 6 nitrogen and oxygen atoms in total. The van der Waals surface area contributed by atoms with E-state index in [1.54, 1.807) is 31.0 Å². The minimum absolute atomic E-state index is 0.0833. The molecule has 0 radical (unpaired) electrons. The van der Waals surface area contributed by atoms with E-state index in [0.29, 0.717) is 26.3 Å². The van der Waals surface area contributed by atoms with Crippen LogP contribution in [0.25, 0.3) is 10.9 Å². The van der Waals surface area contributed by atoms with Crippen molar-refractivity contribution in [3.63, 3.8) is 0 Å². The highest BCUT2D eigenvalue weighted by atomic mass is 19.1. The molecule has 1 saturated heterocycles. The van der Waals surface area contributed by atoms with E-state index in [4.69, 9.17) is 4.74 Å². The van der Waals surface area contributed by atoms with Crippen molar-refractivity contribution in [1.82, 2.24) is 15.2 Å². The first-order chi connectivity index (χ1) is 15.8. The summed E-state index contributed by atoms with van der Waals surface area (Å²) >= 11 is 0. The predicted octanol–water partition coefficient (Wildman–Crippen LogP) is 3.60. The van der Waals surface area contributed by atoms with Crippen LogP contribution in [0.2, 0.25) is 0 Å². The van der Waals surface area contributed by atoms with Gasteiger partial charge in [-0.05, 0) is 50.1 Å². The molecule has 1 aliphatic heterocycles. The van der Waals surface area contributed by atoms with Gasteiger partial charge in [-0.2, -0.15) is 0 Å². The molecule has 7 heteroatoms. The minimum atomic E-state index is -1.20. The van der Waals surface area contributed by atoms with E-state index in [-0.39, 0.29) is 17.4 Å². The molecule has 2 aromatic carbocycles. The van der Waals surface area contributed by atoms with Crippen molar-refractivity contribution in [3.8, 4) is 0 Å². The zero-order valence-electron chi connectivity index (χ0n) is 18.9. The fourth-order valence-electron chi connectivity index (χ4n) is 4.29. The van der Waals surface area contributed by atoms with E-state index in [2.05, 4.69) is 22.4 Å². The van der Waals surface area contributed by atoms with Gasteiger partial charge in [-0.1, -0.05) is 30.3 Å².